The second kappa shape index (κ2) is 7.34. The summed E-state index contributed by atoms with van der Waals surface area (Å²) in [4.78, 5) is 12.2. The highest BCUT2D eigenvalue weighted by molar-refractivity contribution is 7.89. The van der Waals surface area contributed by atoms with Crippen LogP contribution in [0.2, 0.25) is 5.02 Å². The lowest BCUT2D eigenvalue weighted by Crippen LogP contribution is -2.40. The number of rotatable bonds is 4. The number of carbonyl (C=O) groups excluding carboxylic acids is 1. The molecule has 2 aromatic rings. The minimum absolute atomic E-state index is 0.0646. The summed E-state index contributed by atoms with van der Waals surface area (Å²) in [6.45, 7) is 2.92. The van der Waals surface area contributed by atoms with Crippen LogP contribution in [0, 0.1) is 6.92 Å². The van der Waals surface area contributed by atoms with Gasteiger partial charge < -0.3 is 4.74 Å². The van der Waals surface area contributed by atoms with Crippen LogP contribution in [0.1, 0.15) is 15.4 Å². The van der Waals surface area contributed by atoms with Crippen LogP contribution in [-0.4, -0.2) is 55.1 Å². The molecule has 3 rings (SSSR count). The molecule has 11 heteroatoms. The number of benzene rings is 1. The lowest BCUT2D eigenvalue weighted by Gasteiger charge is -2.26. The zero-order chi connectivity index (χ0) is 18.0. The lowest BCUT2D eigenvalue weighted by molar-refractivity contribution is 0.0730. The minimum atomic E-state index is -3.80. The van der Waals surface area contributed by atoms with Crippen molar-refractivity contribution in [3.63, 3.8) is 0 Å². The lowest BCUT2D eigenvalue weighted by atomic mass is 10.2. The van der Waals surface area contributed by atoms with E-state index in [0.717, 1.165) is 0 Å². The third kappa shape index (κ3) is 3.98. The van der Waals surface area contributed by atoms with Crippen molar-refractivity contribution >= 4 is 44.0 Å². The van der Waals surface area contributed by atoms with Crippen molar-refractivity contribution in [2.75, 3.05) is 31.6 Å². The van der Waals surface area contributed by atoms with Gasteiger partial charge in [-0.25, -0.2) is 8.42 Å². The third-order valence-electron chi connectivity index (χ3n) is 3.53. The number of aromatic nitrogens is 2. The van der Waals surface area contributed by atoms with Crippen molar-refractivity contribution in [3.05, 3.63) is 33.8 Å². The SMILES string of the molecule is Cc1nnc(NC(=O)c2ccc(Cl)c(S(=O)(=O)N3CCOCC3)c2)s1. The molecule has 25 heavy (non-hydrogen) atoms. The molecule has 1 amide bonds. The number of morpholine rings is 1. The first-order valence-corrected chi connectivity index (χ1v) is 10.0. The van der Waals surface area contributed by atoms with Gasteiger partial charge in [0.2, 0.25) is 15.2 Å². The fourth-order valence-electron chi connectivity index (χ4n) is 2.28. The van der Waals surface area contributed by atoms with Gasteiger partial charge in [0.25, 0.3) is 5.91 Å². The molecular formula is C14H15ClN4O4S2. The Balaban J connectivity index is 1.88. The Morgan fingerprint density at radius 3 is 2.68 bits per heavy atom. The topological polar surface area (TPSA) is 101 Å². The van der Waals surface area contributed by atoms with Gasteiger partial charge in [0.15, 0.2) is 0 Å². The first-order valence-electron chi connectivity index (χ1n) is 7.37. The average molecular weight is 403 g/mol. The molecule has 1 saturated heterocycles. The van der Waals surface area contributed by atoms with Crippen LogP contribution in [0.25, 0.3) is 0 Å². The number of nitrogens with zero attached hydrogens (tertiary/aromatic N) is 3. The highest BCUT2D eigenvalue weighted by atomic mass is 35.5. The summed E-state index contributed by atoms with van der Waals surface area (Å²) in [5, 5.41) is 11.3. The highest BCUT2D eigenvalue weighted by Crippen LogP contribution is 2.27. The number of sulfonamides is 1. The molecule has 0 atom stereocenters. The number of hydrogen-bond donors (Lipinski definition) is 1. The van der Waals surface area contributed by atoms with Crippen molar-refractivity contribution in [2.24, 2.45) is 0 Å². The van der Waals surface area contributed by atoms with Gasteiger partial charge in [-0.2, -0.15) is 4.31 Å². The fourth-order valence-corrected chi connectivity index (χ4v) is 4.78. The van der Waals surface area contributed by atoms with Gasteiger partial charge in [0.1, 0.15) is 9.90 Å². The molecular weight excluding hydrogens is 388 g/mol. The normalized spacial score (nSPS) is 15.9. The van der Waals surface area contributed by atoms with Crippen LogP contribution in [0.3, 0.4) is 0 Å². The van der Waals surface area contributed by atoms with Crippen LogP contribution in [0.15, 0.2) is 23.1 Å². The maximum Gasteiger partial charge on any atom is 0.257 e. The van der Waals surface area contributed by atoms with Crippen LogP contribution < -0.4 is 5.32 Å². The average Bonchev–Trinajstić information content (AvgIpc) is 3.00. The van der Waals surface area contributed by atoms with Crippen LogP contribution >= 0.6 is 22.9 Å². The summed E-state index contributed by atoms with van der Waals surface area (Å²) in [6.07, 6.45) is 0. The molecule has 1 fully saturated rings. The van der Waals surface area contributed by atoms with Gasteiger partial charge in [0, 0.05) is 18.7 Å². The molecule has 0 aliphatic carbocycles. The zero-order valence-electron chi connectivity index (χ0n) is 13.2. The molecule has 1 aromatic carbocycles. The number of amides is 1. The van der Waals surface area contributed by atoms with E-state index in [0.29, 0.717) is 23.4 Å². The Kier molecular flexibility index (Phi) is 5.35. The molecule has 0 unspecified atom stereocenters. The van der Waals surface area contributed by atoms with E-state index in [2.05, 4.69) is 15.5 Å². The quantitative estimate of drug-likeness (QED) is 0.836. The second-order valence-corrected chi connectivity index (χ2v) is 8.74. The standard InChI is InChI=1S/C14H15ClN4O4S2/c1-9-17-18-14(24-9)16-13(20)10-2-3-11(15)12(8-10)25(21,22)19-4-6-23-7-5-19/h2-3,8H,4-7H2,1H3,(H,16,18,20). The van der Waals surface area contributed by atoms with Gasteiger partial charge in [-0.15, -0.1) is 10.2 Å². The van der Waals surface area contributed by atoms with Crippen molar-refractivity contribution in [3.8, 4) is 0 Å². The van der Waals surface area contributed by atoms with Crippen LogP contribution in [-0.2, 0) is 14.8 Å². The number of anilines is 1. The number of carbonyl (C=O) groups is 1. The number of nitrogens with one attached hydrogen (secondary N) is 1. The summed E-state index contributed by atoms with van der Waals surface area (Å²) >= 11 is 7.30. The number of hydrogen-bond acceptors (Lipinski definition) is 7. The van der Waals surface area contributed by atoms with Gasteiger partial charge in [-0.05, 0) is 25.1 Å². The van der Waals surface area contributed by atoms with Crippen LogP contribution in [0.4, 0.5) is 5.13 Å². The van der Waals surface area contributed by atoms with Crippen molar-refractivity contribution in [1.29, 1.82) is 0 Å². The molecule has 1 aliphatic heterocycles. The second-order valence-electron chi connectivity index (χ2n) is 5.24. The Morgan fingerprint density at radius 2 is 2.04 bits per heavy atom. The van der Waals surface area contributed by atoms with Gasteiger partial charge >= 0.3 is 0 Å². The minimum Gasteiger partial charge on any atom is -0.379 e. The first kappa shape index (κ1) is 18.2. The predicted molar refractivity (Wildman–Crippen MR) is 93.6 cm³/mol. The molecule has 1 N–H and O–H groups in total. The molecule has 2 heterocycles. The maximum atomic E-state index is 12.8. The Morgan fingerprint density at radius 1 is 1.32 bits per heavy atom. The van der Waals surface area contributed by atoms with Crippen LogP contribution in [0.5, 0.6) is 0 Å². The van der Waals surface area contributed by atoms with E-state index in [1.165, 1.54) is 33.8 Å². The smallest absolute Gasteiger partial charge is 0.257 e. The number of halogens is 1. The van der Waals surface area contributed by atoms with Crippen molar-refractivity contribution in [1.82, 2.24) is 14.5 Å². The summed E-state index contributed by atoms with van der Waals surface area (Å²) < 4.78 is 32.0. The first-order chi connectivity index (χ1) is 11.9. The molecule has 0 spiro atoms. The Labute approximate surface area is 153 Å². The monoisotopic (exact) mass is 402 g/mol. The van der Waals surface area contributed by atoms with E-state index in [9.17, 15) is 13.2 Å². The van der Waals surface area contributed by atoms with Crippen molar-refractivity contribution in [2.45, 2.75) is 11.8 Å². The van der Waals surface area contributed by atoms with E-state index in [-0.39, 0.29) is 28.6 Å². The van der Waals surface area contributed by atoms with Gasteiger partial charge in [0.05, 0.1) is 18.2 Å². The summed E-state index contributed by atoms with van der Waals surface area (Å²) in [6, 6.07) is 4.13. The van der Waals surface area contributed by atoms with Crippen molar-refractivity contribution < 1.29 is 17.9 Å². The molecule has 0 bridgehead atoms. The van der Waals surface area contributed by atoms with E-state index >= 15 is 0 Å². The summed E-state index contributed by atoms with van der Waals surface area (Å²) in [5.74, 6) is -0.480. The summed E-state index contributed by atoms with van der Waals surface area (Å²) in [5.41, 5.74) is 0.170. The maximum absolute atomic E-state index is 12.8. The van der Waals surface area contributed by atoms with Gasteiger partial charge in [-0.1, -0.05) is 22.9 Å². The van der Waals surface area contributed by atoms with E-state index in [1.807, 2.05) is 0 Å². The largest absolute Gasteiger partial charge is 0.379 e. The molecule has 8 nitrogen and oxygen atoms in total. The Bertz CT molecular complexity index is 894. The third-order valence-corrected chi connectivity index (χ3v) is 6.66. The molecule has 0 saturated carbocycles. The molecule has 1 aliphatic rings. The Hall–Kier alpha value is -1.59. The zero-order valence-corrected chi connectivity index (χ0v) is 15.6. The molecule has 1 aromatic heterocycles. The molecule has 134 valence electrons. The van der Waals surface area contributed by atoms with E-state index in [4.69, 9.17) is 16.3 Å². The van der Waals surface area contributed by atoms with E-state index < -0.39 is 15.9 Å². The van der Waals surface area contributed by atoms with E-state index in [1.54, 1.807) is 6.92 Å². The fraction of sp³-hybridized carbons (Fsp3) is 0.357. The number of aryl methyl sites for hydroxylation is 1. The highest BCUT2D eigenvalue weighted by Gasteiger charge is 2.29. The summed E-state index contributed by atoms with van der Waals surface area (Å²) in [7, 11) is -3.80. The predicted octanol–water partition coefficient (Wildman–Crippen LogP) is 1.77. The molecule has 0 radical (unpaired) electrons. The van der Waals surface area contributed by atoms with Gasteiger partial charge in [-0.3, -0.25) is 10.1 Å². The number of ether oxygens (including phenoxy) is 1.